The molecule has 0 bridgehead atoms. The molecule has 3 nitrogen and oxygen atoms in total. The van der Waals surface area contributed by atoms with Crippen LogP contribution in [-0.4, -0.2) is 49.1 Å². The van der Waals surface area contributed by atoms with E-state index in [4.69, 9.17) is 17.3 Å². The topological polar surface area (TPSA) is 32.5 Å². The van der Waals surface area contributed by atoms with E-state index in [-0.39, 0.29) is 6.04 Å². The minimum atomic E-state index is 0.0283. The molecule has 2 rings (SSSR count). The predicted octanol–water partition coefficient (Wildman–Crippen LogP) is 2.37. The van der Waals surface area contributed by atoms with Gasteiger partial charge >= 0.3 is 0 Å². The van der Waals surface area contributed by atoms with E-state index < -0.39 is 0 Å². The van der Waals surface area contributed by atoms with Crippen LogP contribution in [0.5, 0.6) is 0 Å². The Bertz CT molecular complexity index is 410. The minimum absolute atomic E-state index is 0.0283. The summed E-state index contributed by atoms with van der Waals surface area (Å²) in [5, 5.41) is 0.779. The Hall–Kier alpha value is -0.610. The molecule has 2 unspecified atom stereocenters. The molecule has 0 spiro atoms. The van der Waals surface area contributed by atoms with Crippen molar-refractivity contribution >= 4 is 11.6 Å². The standard InChI is InChI=1S/C15H24ClN3/c1-12-11-18(2)9-10-19(12)8-7-15(17)13-5-3-4-6-14(13)16/h3-6,12,15H,7-11,17H2,1-2H3. The maximum Gasteiger partial charge on any atom is 0.0453 e. The van der Waals surface area contributed by atoms with Gasteiger partial charge in [0.05, 0.1) is 0 Å². The van der Waals surface area contributed by atoms with E-state index in [0.29, 0.717) is 6.04 Å². The van der Waals surface area contributed by atoms with Gasteiger partial charge in [-0.1, -0.05) is 29.8 Å². The third kappa shape index (κ3) is 3.93. The van der Waals surface area contributed by atoms with Crippen molar-refractivity contribution in [3.05, 3.63) is 34.9 Å². The molecule has 0 aliphatic carbocycles. The second kappa shape index (κ2) is 6.71. The smallest absolute Gasteiger partial charge is 0.0453 e. The van der Waals surface area contributed by atoms with E-state index >= 15 is 0 Å². The van der Waals surface area contributed by atoms with E-state index in [2.05, 4.69) is 23.8 Å². The largest absolute Gasteiger partial charge is 0.324 e. The lowest BCUT2D eigenvalue weighted by molar-refractivity contribution is 0.0973. The Morgan fingerprint density at radius 1 is 1.37 bits per heavy atom. The van der Waals surface area contributed by atoms with Crippen LogP contribution in [0.25, 0.3) is 0 Å². The number of hydrogen-bond acceptors (Lipinski definition) is 3. The van der Waals surface area contributed by atoms with Crippen LogP contribution in [0.15, 0.2) is 24.3 Å². The van der Waals surface area contributed by atoms with Crippen LogP contribution in [0, 0.1) is 0 Å². The maximum atomic E-state index is 6.26. The SMILES string of the molecule is CC1CN(C)CCN1CCC(N)c1ccccc1Cl. The minimum Gasteiger partial charge on any atom is -0.324 e. The highest BCUT2D eigenvalue weighted by Crippen LogP contribution is 2.23. The number of benzene rings is 1. The zero-order valence-corrected chi connectivity index (χ0v) is 12.6. The van der Waals surface area contributed by atoms with Crippen LogP contribution in [0.1, 0.15) is 24.9 Å². The fraction of sp³-hybridized carbons (Fsp3) is 0.600. The zero-order chi connectivity index (χ0) is 13.8. The van der Waals surface area contributed by atoms with Crippen LogP contribution in [0.2, 0.25) is 5.02 Å². The zero-order valence-electron chi connectivity index (χ0n) is 11.8. The molecule has 1 heterocycles. The molecule has 1 aliphatic heterocycles. The average molecular weight is 282 g/mol. The van der Waals surface area contributed by atoms with E-state index in [1.165, 1.54) is 0 Å². The fourth-order valence-corrected chi connectivity index (χ4v) is 3.02. The third-order valence-electron chi connectivity index (χ3n) is 4.00. The van der Waals surface area contributed by atoms with Crippen molar-refractivity contribution in [3.63, 3.8) is 0 Å². The second-order valence-corrected chi connectivity index (χ2v) is 5.97. The van der Waals surface area contributed by atoms with Gasteiger partial charge in [-0.3, -0.25) is 4.90 Å². The van der Waals surface area contributed by atoms with Gasteiger partial charge in [-0.15, -0.1) is 0 Å². The van der Waals surface area contributed by atoms with Crippen molar-refractivity contribution in [2.45, 2.75) is 25.4 Å². The van der Waals surface area contributed by atoms with Crippen molar-refractivity contribution in [1.29, 1.82) is 0 Å². The number of hydrogen-bond donors (Lipinski definition) is 1. The summed E-state index contributed by atoms with van der Waals surface area (Å²) in [6.07, 6.45) is 0.956. The van der Waals surface area contributed by atoms with Crippen molar-refractivity contribution in [2.75, 3.05) is 33.2 Å². The summed E-state index contributed by atoms with van der Waals surface area (Å²) < 4.78 is 0. The van der Waals surface area contributed by atoms with Gasteiger partial charge in [0.25, 0.3) is 0 Å². The second-order valence-electron chi connectivity index (χ2n) is 5.56. The fourth-order valence-electron chi connectivity index (χ4n) is 2.75. The van der Waals surface area contributed by atoms with Gasteiger partial charge in [0, 0.05) is 43.3 Å². The summed E-state index contributed by atoms with van der Waals surface area (Å²) in [6.45, 7) is 6.75. The molecule has 0 saturated carbocycles. The molecule has 1 saturated heterocycles. The molecule has 1 aromatic carbocycles. The summed E-state index contributed by atoms with van der Waals surface area (Å²) in [5.74, 6) is 0. The van der Waals surface area contributed by atoms with E-state index in [1.54, 1.807) is 0 Å². The molecule has 2 atom stereocenters. The first-order chi connectivity index (χ1) is 9.08. The first kappa shape index (κ1) is 14.8. The van der Waals surface area contributed by atoms with Crippen LogP contribution in [0.4, 0.5) is 0 Å². The lowest BCUT2D eigenvalue weighted by Crippen LogP contribution is -2.50. The molecule has 106 valence electrons. The van der Waals surface area contributed by atoms with Gasteiger partial charge < -0.3 is 10.6 Å². The van der Waals surface area contributed by atoms with E-state index in [9.17, 15) is 0 Å². The molecular weight excluding hydrogens is 258 g/mol. The van der Waals surface area contributed by atoms with Gasteiger partial charge in [-0.05, 0) is 32.0 Å². The molecule has 1 aliphatic rings. The Morgan fingerprint density at radius 2 is 2.11 bits per heavy atom. The Morgan fingerprint density at radius 3 is 2.79 bits per heavy atom. The van der Waals surface area contributed by atoms with Crippen LogP contribution >= 0.6 is 11.6 Å². The number of halogens is 1. The first-order valence-corrected chi connectivity index (χ1v) is 7.38. The lowest BCUT2D eigenvalue weighted by atomic mass is 10.0. The quantitative estimate of drug-likeness (QED) is 0.920. The molecule has 0 amide bonds. The molecule has 0 radical (unpaired) electrons. The van der Waals surface area contributed by atoms with E-state index in [1.807, 2.05) is 24.3 Å². The van der Waals surface area contributed by atoms with Crippen molar-refractivity contribution in [2.24, 2.45) is 5.73 Å². The third-order valence-corrected chi connectivity index (χ3v) is 4.34. The number of nitrogens with two attached hydrogens (primary N) is 1. The first-order valence-electron chi connectivity index (χ1n) is 7.00. The molecule has 19 heavy (non-hydrogen) atoms. The summed E-state index contributed by atoms with van der Waals surface area (Å²) in [7, 11) is 2.18. The molecule has 0 aromatic heterocycles. The highest BCUT2D eigenvalue weighted by Gasteiger charge is 2.22. The summed E-state index contributed by atoms with van der Waals surface area (Å²) in [6, 6.07) is 8.52. The van der Waals surface area contributed by atoms with Crippen LogP contribution in [-0.2, 0) is 0 Å². The van der Waals surface area contributed by atoms with Crippen LogP contribution < -0.4 is 5.73 Å². The summed E-state index contributed by atoms with van der Waals surface area (Å²) >= 11 is 6.19. The highest BCUT2D eigenvalue weighted by atomic mass is 35.5. The normalized spacial score (nSPS) is 23.5. The van der Waals surface area contributed by atoms with Gasteiger partial charge in [0.2, 0.25) is 0 Å². The van der Waals surface area contributed by atoms with Crippen LogP contribution in [0.3, 0.4) is 0 Å². The summed E-state index contributed by atoms with van der Waals surface area (Å²) in [5.41, 5.74) is 7.33. The average Bonchev–Trinajstić information content (AvgIpc) is 2.38. The molecule has 1 aromatic rings. The molecule has 4 heteroatoms. The number of rotatable bonds is 4. The van der Waals surface area contributed by atoms with Gasteiger partial charge in [0.1, 0.15) is 0 Å². The van der Waals surface area contributed by atoms with E-state index in [0.717, 1.165) is 43.2 Å². The van der Waals surface area contributed by atoms with Crippen molar-refractivity contribution < 1.29 is 0 Å². The number of likely N-dealkylation sites (N-methyl/N-ethyl adjacent to an activating group) is 1. The number of piperazine rings is 1. The number of nitrogens with zero attached hydrogens (tertiary/aromatic N) is 2. The Balaban J connectivity index is 1.87. The van der Waals surface area contributed by atoms with Gasteiger partial charge in [-0.25, -0.2) is 0 Å². The van der Waals surface area contributed by atoms with Gasteiger partial charge in [-0.2, -0.15) is 0 Å². The monoisotopic (exact) mass is 281 g/mol. The maximum absolute atomic E-state index is 6.26. The molecular formula is C15H24ClN3. The Labute approximate surface area is 121 Å². The lowest BCUT2D eigenvalue weighted by Gasteiger charge is -2.38. The van der Waals surface area contributed by atoms with Crippen molar-refractivity contribution in [1.82, 2.24) is 9.80 Å². The molecule has 1 fully saturated rings. The highest BCUT2D eigenvalue weighted by molar-refractivity contribution is 6.31. The molecule has 2 N–H and O–H groups in total. The summed E-state index contributed by atoms with van der Waals surface area (Å²) in [4.78, 5) is 4.91. The van der Waals surface area contributed by atoms with Gasteiger partial charge in [0.15, 0.2) is 0 Å². The van der Waals surface area contributed by atoms with Crippen molar-refractivity contribution in [3.8, 4) is 0 Å². The Kier molecular flexibility index (Phi) is 5.22. The predicted molar refractivity (Wildman–Crippen MR) is 81.5 cm³/mol.